The summed E-state index contributed by atoms with van der Waals surface area (Å²) in [4.78, 5) is 26.4. The lowest BCUT2D eigenvalue weighted by atomic mass is 10.1. The van der Waals surface area contributed by atoms with Crippen molar-refractivity contribution >= 4 is 23.2 Å². The van der Waals surface area contributed by atoms with Gasteiger partial charge in [-0.2, -0.15) is 0 Å². The van der Waals surface area contributed by atoms with E-state index >= 15 is 0 Å². The average molecular weight is 475 g/mol. The molecule has 7 heteroatoms. The van der Waals surface area contributed by atoms with E-state index in [0.717, 1.165) is 16.0 Å². The summed E-state index contributed by atoms with van der Waals surface area (Å²) in [6.07, 6.45) is 0. The van der Waals surface area contributed by atoms with Crippen LogP contribution in [0.3, 0.4) is 0 Å². The Morgan fingerprint density at radius 2 is 1.62 bits per heavy atom. The number of benzene rings is 3. The summed E-state index contributed by atoms with van der Waals surface area (Å²) in [5.41, 5.74) is 2.09. The van der Waals surface area contributed by atoms with Crippen molar-refractivity contribution in [1.82, 2.24) is 10.6 Å². The molecule has 0 saturated heterocycles. The quantitative estimate of drug-likeness (QED) is 0.355. The first-order chi connectivity index (χ1) is 16.6. The maximum Gasteiger partial charge on any atom is 0.258 e. The fraction of sp³-hybridized carbons (Fsp3) is 0.111. The summed E-state index contributed by atoms with van der Waals surface area (Å²) in [6, 6.07) is 25.8. The predicted octanol–water partition coefficient (Wildman–Crippen LogP) is 5.10. The molecule has 0 aliphatic rings. The van der Waals surface area contributed by atoms with Gasteiger partial charge in [-0.25, -0.2) is 4.39 Å². The topological polar surface area (TPSA) is 67.4 Å². The summed E-state index contributed by atoms with van der Waals surface area (Å²) in [5.74, 6) is -0.673. The Bertz CT molecular complexity index is 1230. The molecule has 2 N–H and O–H groups in total. The van der Waals surface area contributed by atoms with E-state index in [-0.39, 0.29) is 24.2 Å². The number of amides is 2. The molecule has 3 aromatic carbocycles. The second kappa shape index (κ2) is 11.2. The van der Waals surface area contributed by atoms with Gasteiger partial charge in [0.2, 0.25) is 0 Å². The summed E-state index contributed by atoms with van der Waals surface area (Å²) >= 11 is 1.49. The van der Waals surface area contributed by atoms with E-state index in [1.807, 2.05) is 47.8 Å². The van der Waals surface area contributed by atoms with Gasteiger partial charge in [0.1, 0.15) is 11.6 Å². The molecule has 4 rings (SSSR count). The minimum absolute atomic E-state index is 0.272. The number of hydrogen-bond acceptors (Lipinski definition) is 4. The highest BCUT2D eigenvalue weighted by Gasteiger charge is 2.19. The number of ether oxygens (including phenoxy) is 1. The smallest absolute Gasteiger partial charge is 0.258 e. The second-order valence-corrected chi connectivity index (χ2v) is 8.50. The van der Waals surface area contributed by atoms with Gasteiger partial charge in [0, 0.05) is 11.4 Å². The fourth-order valence-electron chi connectivity index (χ4n) is 3.43. The van der Waals surface area contributed by atoms with Gasteiger partial charge in [0.05, 0.1) is 11.6 Å². The number of thiophene rings is 1. The molecule has 0 aliphatic carbocycles. The molecule has 0 radical (unpaired) electrons. The normalized spacial score (nSPS) is 11.4. The lowest BCUT2D eigenvalue weighted by Gasteiger charge is -2.19. The van der Waals surface area contributed by atoms with E-state index in [4.69, 9.17) is 4.74 Å². The Morgan fingerprint density at radius 3 is 2.35 bits per heavy atom. The minimum atomic E-state index is -0.430. The van der Waals surface area contributed by atoms with Gasteiger partial charge in [-0.15, -0.1) is 11.3 Å². The molecule has 34 heavy (non-hydrogen) atoms. The number of hydrogen-bond donors (Lipinski definition) is 2. The van der Waals surface area contributed by atoms with Gasteiger partial charge in [-0.3, -0.25) is 9.59 Å². The van der Waals surface area contributed by atoms with E-state index in [2.05, 4.69) is 10.6 Å². The van der Waals surface area contributed by atoms with Crippen molar-refractivity contribution in [2.75, 3.05) is 6.61 Å². The SMILES string of the molecule is O=C(COc1ccccc1C(=O)NCc1ccccc1)NC(c1ccc(F)cc1)c1cccs1. The van der Waals surface area contributed by atoms with Crippen LogP contribution in [0.15, 0.2) is 96.4 Å². The summed E-state index contributed by atoms with van der Waals surface area (Å²) in [6.45, 7) is 0.112. The number of carbonyl (C=O) groups is 2. The zero-order chi connectivity index (χ0) is 23.8. The van der Waals surface area contributed by atoms with Crippen molar-refractivity contribution < 1.29 is 18.7 Å². The molecule has 172 valence electrons. The van der Waals surface area contributed by atoms with Crippen molar-refractivity contribution in [3.05, 3.63) is 124 Å². The molecule has 0 saturated carbocycles. The number of nitrogens with one attached hydrogen (secondary N) is 2. The van der Waals surface area contributed by atoms with Crippen molar-refractivity contribution in [2.45, 2.75) is 12.6 Å². The Morgan fingerprint density at radius 1 is 0.882 bits per heavy atom. The molecular formula is C27H23FN2O3S. The predicted molar refractivity (Wildman–Crippen MR) is 130 cm³/mol. The first-order valence-electron chi connectivity index (χ1n) is 10.7. The first-order valence-corrected chi connectivity index (χ1v) is 11.6. The van der Waals surface area contributed by atoms with Crippen LogP contribution in [-0.2, 0) is 11.3 Å². The third-order valence-corrected chi connectivity index (χ3v) is 6.06. The van der Waals surface area contributed by atoms with Crippen LogP contribution in [-0.4, -0.2) is 18.4 Å². The number of para-hydroxylation sites is 1. The Balaban J connectivity index is 1.40. The Hall–Kier alpha value is -3.97. The highest BCUT2D eigenvalue weighted by Crippen LogP contribution is 2.26. The second-order valence-electron chi connectivity index (χ2n) is 7.52. The van der Waals surface area contributed by atoms with E-state index in [0.29, 0.717) is 17.9 Å². The van der Waals surface area contributed by atoms with Crippen LogP contribution >= 0.6 is 11.3 Å². The molecule has 1 aromatic heterocycles. The van der Waals surface area contributed by atoms with Crippen LogP contribution in [0.1, 0.15) is 32.4 Å². The molecule has 0 bridgehead atoms. The minimum Gasteiger partial charge on any atom is -0.483 e. The summed E-state index contributed by atoms with van der Waals surface area (Å²) in [5, 5.41) is 7.73. The molecule has 0 aliphatic heterocycles. The molecule has 1 heterocycles. The summed E-state index contributed by atoms with van der Waals surface area (Å²) < 4.78 is 19.1. The van der Waals surface area contributed by atoms with Gasteiger partial charge >= 0.3 is 0 Å². The molecule has 2 amide bonds. The van der Waals surface area contributed by atoms with Gasteiger partial charge < -0.3 is 15.4 Å². The maximum atomic E-state index is 13.4. The molecule has 0 spiro atoms. The highest BCUT2D eigenvalue weighted by molar-refractivity contribution is 7.10. The standard InChI is InChI=1S/C27H23FN2O3S/c28-21-14-12-20(13-15-21)26(24-11-6-16-34-24)30-25(31)18-33-23-10-5-4-9-22(23)27(32)29-17-19-7-2-1-3-8-19/h1-16,26H,17-18H2,(H,29,32)(H,30,31). The van der Waals surface area contributed by atoms with Crippen molar-refractivity contribution in [2.24, 2.45) is 0 Å². The van der Waals surface area contributed by atoms with E-state index in [1.165, 1.54) is 23.5 Å². The van der Waals surface area contributed by atoms with E-state index < -0.39 is 6.04 Å². The van der Waals surface area contributed by atoms with Crippen LogP contribution in [0.4, 0.5) is 4.39 Å². The van der Waals surface area contributed by atoms with Crippen molar-refractivity contribution in [3.8, 4) is 5.75 Å². The largest absolute Gasteiger partial charge is 0.483 e. The molecule has 0 fully saturated rings. The third-order valence-electron chi connectivity index (χ3n) is 5.12. The Kier molecular flexibility index (Phi) is 7.67. The van der Waals surface area contributed by atoms with Crippen LogP contribution in [0.2, 0.25) is 0 Å². The lowest BCUT2D eigenvalue weighted by molar-refractivity contribution is -0.123. The molecule has 4 aromatic rings. The number of rotatable bonds is 9. The number of carbonyl (C=O) groups excluding carboxylic acids is 2. The fourth-order valence-corrected chi connectivity index (χ4v) is 4.23. The zero-order valence-electron chi connectivity index (χ0n) is 18.2. The maximum absolute atomic E-state index is 13.4. The number of halogens is 1. The van der Waals surface area contributed by atoms with E-state index in [1.54, 1.807) is 36.4 Å². The monoisotopic (exact) mass is 474 g/mol. The van der Waals surface area contributed by atoms with Gasteiger partial charge in [0.25, 0.3) is 11.8 Å². The highest BCUT2D eigenvalue weighted by atomic mass is 32.1. The van der Waals surface area contributed by atoms with Crippen LogP contribution in [0, 0.1) is 5.82 Å². The van der Waals surface area contributed by atoms with Crippen LogP contribution in [0.5, 0.6) is 5.75 Å². The van der Waals surface area contributed by atoms with Crippen LogP contribution in [0.25, 0.3) is 0 Å². The molecular weight excluding hydrogens is 451 g/mol. The Labute approximate surface area is 201 Å². The van der Waals surface area contributed by atoms with Gasteiger partial charge in [0.15, 0.2) is 6.61 Å². The van der Waals surface area contributed by atoms with E-state index in [9.17, 15) is 14.0 Å². The molecule has 1 unspecified atom stereocenters. The zero-order valence-corrected chi connectivity index (χ0v) is 19.1. The van der Waals surface area contributed by atoms with Gasteiger partial charge in [-0.1, -0.05) is 60.7 Å². The average Bonchev–Trinajstić information content (AvgIpc) is 3.41. The van der Waals surface area contributed by atoms with Crippen molar-refractivity contribution in [3.63, 3.8) is 0 Å². The van der Waals surface area contributed by atoms with Gasteiger partial charge in [-0.05, 0) is 46.8 Å². The lowest BCUT2D eigenvalue weighted by Crippen LogP contribution is -2.33. The molecule has 5 nitrogen and oxygen atoms in total. The third kappa shape index (κ3) is 6.08. The summed E-state index contributed by atoms with van der Waals surface area (Å²) in [7, 11) is 0. The first kappa shape index (κ1) is 23.2. The van der Waals surface area contributed by atoms with Crippen LogP contribution < -0.4 is 15.4 Å². The van der Waals surface area contributed by atoms with Crippen molar-refractivity contribution in [1.29, 1.82) is 0 Å². The molecule has 1 atom stereocenters.